The van der Waals surface area contributed by atoms with Crippen LogP contribution in [0, 0.1) is 18.8 Å². The van der Waals surface area contributed by atoms with E-state index in [0.717, 1.165) is 44.7 Å². The molecule has 0 unspecified atom stereocenters. The van der Waals surface area contributed by atoms with Gasteiger partial charge in [0.25, 0.3) is 0 Å². The van der Waals surface area contributed by atoms with Crippen molar-refractivity contribution in [1.29, 1.82) is 0 Å². The molecule has 2 aliphatic heterocycles. The van der Waals surface area contributed by atoms with Gasteiger partial charge < -0.3 is 14.4 Å². The minimum Gasteiger partial charge on any atom is -0.477 e. The number of hydrogen-bond donors (Lipinski definition) is 0. The van der Waals surface area contributed by atoms with Crippen LogP contribution in [0.3, 0.4) is 0 Å². The molecule has 24 heavy (non-hydrogen) atoms. The molecule has 2 saturated heterocycles. The zero-order valence-corrected chi connectivity index (χ0v) is 14.8. The summed E-state index contributed by atoms with van der Waals surface area (Å²) in [6, 6.07) is 0. The number of ether oxygens (including phenoxy) is 2. The molecule has 0 N–H and O–H groups in total. The fourth-order valence-electron chi connectivity index (χ4n) is 3.61. The summed E-state index contributed by atoms with van der Waals surface area (Å²) in [5.41, 5.74) is 0.748. The highest BCUT2D eigenvalue weighted by Crippen LogP contribution is 2.38. The number of aryl methyl sites for hydroxylation is 1. The van der Waals surface area contributed by atoms with Crippen molar-refractivity contribution in [1.82, 2.24) is 14.9 Å². The molecule has 1 aromatic heterocycles. The van der Waals surface area contributed by atoms with E-state index in [9.17, 15) is 4.79 Å². The summed E-state index contributed by atoms with van der Waals surface area (Å²) >= 11 is 0. The van der Waals surface area contributed by atoms with Gasteiger partial charge in [0.2, 0.25) is 11.8 Å². The van der Waals surface area contributed by atoms with Crippen LogP contribution in [0.25, 0.3) is 0 Å². The maximum absolute atomic E-state index is 12.0. The summed E-state index contributed by atoms with van der Waals surface area (Å²) in [7, 11) is 0. The number of likely N-dealkylation sites (tertiary alicyclic amines) is 1. The van der Waals surface area contributed by atoms with E-state index in [-0.39, 0.29) is 17.4 Å². The predicted octanol–water partition coefficient (Wildman–Crippen LogP) is 2.22. The first-order chi connectivity index (χ1) is 11.5. The van der Waals surface area contributed by atoms with Gasteiger partial charge in [-0.3, -0.25) is 9.78 Å². The highest BCUT2D eigenvalue weighted by atomic mass is 16.5. The molecule has 2 aliphatic rings. The Kier molecular flexibility index (Phi) is 5.04. The third-order valence-corrected chi connectivity index (χ3v) is 4.87. The van der Waals surface area contributed by atoms with Crippen molar-refractivity contribution in [2.75, 3.05) is 26.3 Å². The first kappa shape index (κ1) is 17.1. The molecule has 6 nitrogen and oxygen atoms in total. The van der Waals surface area contributed by atoms with Crippen molar-refractivity contribution in [3.63, 3.8) is 0 Å². The molecule has 6 heteroatoms. The molecule has 0 aliphatic carbocycles. The van der Waals surface area contributed by atoms with Crippen molar-refractivity contribution in [2.24, 2.45) is 11.8 Å². The second kappa shape index (κ2) is 7.05. The lowest BCUT2D eigenvalue weighted by Crippen LogP contribution is -2.67. The minimum absolute atomic E-state index is 0.0607. The van der Waals surface area contributed by atoms with Crippen LogP contribution in [0.15, 0.2) is 12.4 Å². The van der Waals surface area contributed by atoms with Gasteiger partial charge in [0.1, 0.15) is 5.60 Å². The molecule has 3 heterocycles. The maximum atomic E-state index is 12.0. The van der Waals surface area contributed by atoms with Crippen LogP contribution in [-0.2, 0) is 9.53 Å². The van der Waals surface area contributed by atoms with Crippen LogP contribution in [0.1, 0.15) is 38.8 Å². The van der Waals surface area contributed by atoms with E-state index in [4.69, 9.17) is 9.47 Å². The molecular formula is C18H27N3O3. The van der Waals surface area contributed by atoms with Crippen LogP contribution in [-0.4, -0.2) is 52.7 Å². The quantitative estimate of drug-likeness (QED) is 0.827. The molecule has 0 bridgehead atoms. The van der Waals surface area contributed by atoms with Crippen molar-refractivity contribution in [2.45, 2.75) is 45.6 Å². The third-order valence-electron chi connectivity index (χ3n) is 4.87. The Morgan fingerprint density at radius 1 is 1.46 bits per heavy atom. The average Bonchev–Trinajstić information content (AvgIpc) is 2.52. The topological polar surface area (TPSA) is 64.6 Å². The highest BCUT2D eigenvalue weighted by Gasteiger charge is 2.49. The number of aromatic nitrogens is 2. The molecular weight excluding hydrogens is 306 g/mol. The first-order valence-electron chi connectivity index (χ1n) is 8.82. The minimum atomic E-state index is -0.114. The smallest absolute Gasteiger partial charge is 0.232 e. The zero-order valence-electron chi connectivity index (χ0n) is 14.8. The molecule has 1 amide bonds. The predicted molar refractivity (Wildman–Crippen MR) is 89.7 cm³/mol. The molecule has 0 saturated carbocycles. The summed E-state index contributed by atoms with van der Waals surface area (Å²) in [6.07, 6.45) is 6.43. The zero-order chi connectivity index (χ0) is 17.2. The SMILES string of the molecule is Cc1cncc(OCC[C@@H]2CCOC3(C2)CN(C(=O)C(C)C)C3)n1. The van der Waals surface area contributed by atoms with Gasteiger partial charge in [-0.15, -0.1) is 0 Å². The Bertz CT molecular complexity index is 585. The summed E-state index contributed by atoms with van der Waals surface area (Å²) < 4.78 is 11.7. The fraction of sp³-hybridized carbons (Fsp3) is 0.722. The molecule has 1 aromatic rings. The average molecular weight is 333 g/mol. The Labute approximate surface area is 143 Å². The molecule has 0 aromatic carbocycles. The standard InChI is InChI=1S/C18H27N3O3/c1-13(2)17(22)21-11-18(12-21)8-15(5-7-24-18)4-6-23-16-10-19-9-14(3)20-16/h9-10,13,15H,4-8,11-12H2,1-3H3/t15-/m1/s1. The Morgan fingerprint density at radius 3 is 2.96 bits per heavy atom. The van der Waals surface area contributed by atoms with Crippen molar-refractivity contribution < 1.29 is 14.3 Å². The largest absolute Gasteiger partial charge is 0.477 e. The van der Waals surface area contributed by atoms with E-state index in [0.29, 0.717) is 18.4 Å². The molecule has 1 spiro atoms. The lowest BCUT2D eigenvalue weighted by atomic mass is 9.79. The van der Waals surface area contributed by atoms with E-state index in [2.05, 4.69) is 9.97 Å². The summed E-state index contributed by atoms with van der Waals surface area (Å²) in [5, 5.41) is 0. The molecule has 3 rings (SSSR count). The lowest BCUT2D eigenvalue weighted by Gasteiger charge is -2.53. The van der Waals surface area contributed by atoms with Gasteiger partial charge in [-0.05, 0) is 32.1 Å². The number of nitrogens with zero attached hydrogens (tertiary/aromatic N) is 3. The monoisotopic (exact) mass is 333 g/mol. The molecule has 132 valence electrons. The van der Waals surface area contributed by atoms with Gasteiger partial charge in [-0.1, -0.05) is 13.8 Å². The third kappa shape index (κ3) is 3.86. The molecule has 1 atom stereocenters. The second-order valence-electron chi connectivity index (χ2n) is 7.38. The van der Waals surface area contributed by atoms with Crippen LogP contribution in [0.2, 0.25) is 0 Å². The first-order valence-corrected chi connectivity index (χ1v) is 8.82. The van der Waals surface area contributed by atoms with Gasteiger partial charge >= 0.3 is 0 Å². The number of carbonyl (C=O) groups is 1. The maximum Gasteiger partial charge on any atom is 0.232 e. The van der Waals surface area contributed by atoms with Gasteiger partial charge in [0.05, 0.1) is 31.6 Å². The van der Waals surface area contributed by atoms with E-state index in [1.165, 1.54) is 0 Å². The van der Waals surface area contributed by atoms with Gasteiger partial charge in [-0.2, -0.15) is 0 Å². The fourth-order valence-corrected chi connectivity index (χ4v) is 3.61. The van der Waals surface area contributed by atoms with Crippen molar-refractivity contribution in [3.8, 4) is 5.88 Å². The van der Waals surface area contributed by atoms with E-state index in [1.807, 2.05) is 25.7 Å². The molecule has 0 radical (unpaired) electrons. The van der Waals surface area contributed by atoms with Gasteiger partial charge in [-0.25, -0.2) is 4.98 Å². The second-order valence-corrected chi connectivity index (χ2v) is 7.38. The van der Waals surface area contributed by atoms with Crippen LogP contribution in [0.4, 0.5) is 0 Å². The summed E-state index contributed by atoms with van der Waals surface area (Å²) in [6.45, 7) is 8.71. The summed E-state index contributed by atoms with van der Waals surface area (Å²) in [5.74, 6) is 1.46. The number of carbonyl (C=O) groups excluding carboxylic acids is 1. The van der Waals surface area contributed by atoms with Crippen molar-refractivity contribution in [3.05, 3.63) is 18.1 Å². The lowest BCUT2D eigenvalue weighted by molar-refractivity contribution is -0.190. The Hall–Kier alpha value is -1.69. The number of hydrogen-bond acceptors (Lipinski definition) is 5. The van der Waals surface area contributed by atoms with Crippen LogP contribution >= 0.6 is 0 Å². The Balaban J connectivity index is 1.44. The van der Waals surface area contributed by atoms with Gasteiger partial charge in [0.15, 0.2) is 0 Å². The van der Waals surface area contributed by atoms with Crippen LogP contribution in [0.5, 0.6) is 5.88 Å². The number of amides is 1. The Morgan fingerprint density at radius 2 is 2.25 bits per heavy atom. The normalized spacial score (nSPS) is 22.5. The van der Waals surface area contributed by atoms with E-state index in [1.54, 1.807) is 12.4 Å². The number of rotatable bonds is 5. The molecule has 2 fully saturated rings. The van der Waals surface area contributed by atoms with Crippen LogP contribution < -0.4 is 4.74 Å². The van der Waals surface area contributed by atoms with Gasteiger partial charge in [0, 0.05) is 18.7 Å². The summed E-state index contributed by atoms with van der Waals surface area (Å²) in [4.78, 5) is 22.3. The van der Waals surface area contributed by atoms with E-state index < -0.39 is 0 Å². The van der Waals surface area contributed by atoms with Crippen molar-refractivity contribution >= 4 is 5.91 Å². The van der Waals surface area contributed by atoms with E-state index >= 15 is 0 Å². The highest BCUT2D eigenvalue weighted by molar-refractivity contribution is 5.79.